The van der Waals surface area contributed by atoms with E-state index >= 15 is 0 Å². The van der Waals surface area contributed by atoms with Crippen molar-refractivity contribution >= 4 is 5.97 Å². The summed E-state index contributed by atoms with van der Waals surface area (Å²) in [6.45, 7) is 9.45. The monoisotopic (exact) mass is 482 g/mol. The van der Waals surface area contributed by atoms with Crippen LogP contribution in [-0.2, 0) is 25.4 Å². The quantitative estimate of drug-likeness (QED) is 0.298. The molecule has 3 unspecified atom stereocenters. The van der Waals surface area contributed by atoms with Crippen molar-refractivity contribution in [3.05, 3.63) is 64.7 Å². The smallest absolute Gasteiger partial charge is 0.302 e. The highest BCUT2D eigenvalue weighted by atomic mass is 16.5. The Morgan fingerprint density at radius 1 is 1.06 bits per heavy atom. The van der Waals surface area contributed by atoms with Gasteiger partial charge in [0.2, 0.25) is 0 Å². The summed E-state index contributed by atoms with van der Waals surface area (Å²) < 4.78 is 21.9. The zero-order valence-corrected chi connectivity index (χ0v) is 22.0. The van der Waals surface area contributed by atoms with Crippen LogP contribution in [0.1, 0.15) is 81.2 Å². The maximum atomic E-state index is 9.59. The third-order valence-corrected chi connectivity index (χ3v) is 6.67. The van der Waals surface area contributed by atoms with E-state index in [9.17, 15) is 4.79 Å². The Labute approximate surface area is 211 Å². The maximum Gasteiger partial charge on any atom is 0.302 e. The molecule has 1 heterocycles. The van der Waals surface area contributed by atoms with Crippen molar-refractivity contribution in [1.29, 1.82) is 0 Å². The van der Waals surface area contributed by atoms with Crippen molar-refractivity contribution in [2.45, 2.75) is 84.5 Å². The van der Waals surface area contributed by atoms with Crippen LogP contribution in [-0.4, -0.2) is 38.5 Å². The summed E-state index contributed by atoms with van der Waals surface area (Å²) in [4.78, 5) is 9.59. The van der Waals surface area contributed by atoms with Crippen molar-refractivity contribution in [3.8, 4) is 5.75 Å². The lowest BCUT2D eigenvalue weighted by Gasteiger charge is -2.34. The normalized spacial score (nSPS) is 21.6. The van der Waals surface area contributed by atoms with Gasteiger partial charge >= 0.3 is 5.97 Å². The topological polar surface area (TPSA) is 54.0 Å². The van der Waals surface area contributed by atoms with Gasteiger partial charge in [-0.05, 0) is 85.8 Å². The maximum absolute atomic E-state index is 9.59. The Hall–Kier alpha value is -2.37. The molecule has 5 nitrogen and oxygen atoms in total. The Kier molecular flexibility index (Phi) is 10.6. The molecule has 0 bridgehead atoms. The Balaban J connectivity index is 0.000000623. The van der Waals surface area contributed by atoms with E-state index in [1.54, 1.807) is 0 Å². The Bertz CT molecular complexity index is 919. The van der Waals surface area contributed by atoms with Crippen molar-refractivity contribution in [2.24, 2.45) is 5.92 Å². The standard InChI is InChI=1S/C27H36O3.C3H6O2/c1-4-24-15-19(2)16-27(30-24)22-8-5-20(3)23(18-22)17-21-6-9-25(10-7-21)28-13-14-29-26-11-12-26;1-3(4)5-2/h5-10,18-19,24,26-27H,4,11-17H2,1-3H3;1-2H3. The largest absolute Gasteiger partial charge is 0.491 e. The first-order valence-electron chi connectivity index (χ1n) is 13.0. The molecular weight excluding hydrogens is 440 g/mol. The number of ether oxygens (including phenoxy) is 4. The van der Waals surface area contributed by atoms with Crippen molar-refractivity contribution in [2.75, 3.05) is 20.3 Å². The molecule has 0 aromatic heterocycles. The molecule has 1 saturated carbocycles. The van der Waals surface area contributed by atoms with Gasteiger partial charge < -0.3 is 18.9 Å². The highest BCUT2D eigenvalue weighted by Gasteiger charge is 2.27. The molecule has 0 N–H and O–H groups in total. The molecule has 5 heteroatoms. The minimum absolute atomic E-state index is 0.228. The van der Waals surface area contributed by atoms with Gasteiger partial charge in [0.05, 0.1) is 32.0 Å². The van der Waals surface area contributed by atoms with Gasteiger partial charge in [0.15, 0.2) is 0 Å². The average molecular weight is 483 g/mol. The zero-order chi connectivity index (χ0) is 25.2. The molecule has 2 fully saturated rings. The number of benzene rings is 2. The third kappa shape index (κ3) is 9.30. The van der Waals surface area contributed by atoms with Gasteiger partial charge in [0, 0.05) is 6.92 Å². The van der Waals surface area contributed by atoms with E-state index in [2.05, 4.69) is 68.0 Å². The molecule has 0 radical (unpaired) electrons. The van der Waals surface area contributed by atoms with Gasteiger partial charge in [-0.1, -0.05) is 44.2 Å². The Morgan fingerprint density at radius 2 is 1.77 bits per heavy atom. The van der Waals surface area contributed by atoms with Crippen LogP contribution in [0.25, 0.3) is 0 Å². The molecule has 2 aliphatic rings. The molecule has 1 aliphatic carbocycles. The predicted molar refractivity (Wildman–Crippen MR) is 139 cm³/mol. The van der Waals surface area contributed by atoms with E-state index in [0.29, 0.717) is 25.4 Å². The molecule has 0 amide bonds. The number of hydrogen-bond donors (Lipinski definition) is 0. The molecule has 192 valence electrons. The van der Waals surface area contributed by atoms with Gasteiger partial charge in [0.1, 0.15) is 12.4 Å². The van der Waals surface area contributed by atoms with E-state index in [-0.39, 0.29) is 12.1 Å². The molecule has 2 aromatic rings. The fraction of sp³-hybridized carbons (Fsp3) is 0.567. The number of hydrogen-bond acceptors (Lipinski definition) is 5. The van der Waals surface area contributed by atoms with E-state index < -0.39 is 0 Å². The number of carbonyl (C=O) groups is 1. The second-order valence-corrected chi connectivity index (χ2v) is 9.85. The van der Waals surface area contributed by atoms with Crippen LogP contribution in [0.3, 0.4) is 0 Å². The SMILES string of the molecule is CCC1CC(C)CC(c2ccc(C)c(Cc3ccc(OCCOC4CC4)cc3)c2)O1.COC(C)=O. The summed E-state index contributed by atoms with van der Waals surface area (Å²) in [6.07, 6.45) is 7.87. The van der Waals surface area contributed by atoms with Gasteiger partial charge in [0.25, 0.3) is 0 Å². The summed E-state index contributed by atoms with van der Waals surface area (Å²) in [7, 11) is 1.35. The van der Waals surface area contributed by atoms with Crippen LogP contribution in [0.2, 0.25) is 0 Å². The molecule has 1 saturated heterocycles. The lowest BCUT2D eigenvalue weighted by atomic mass is 9.88. The molecule has 2 aromatic carbocycles. The fourth-order valence-corrected chi connectivity index (χ4v) is 4.35. The first kappa shape index (κ1) is 27.2. The lowest BCUT2D eigenvalue weighted by Crippen LogP contribution is -2.26. The molecule has 4 rings (SSSR count). The molecule has 0 spiro atoms. The second kappa shape index (κ2) is 13.6. The number of aryl methyl sites for hydroxylation is 1. The highest BCUT2D eigenvalue weighted by molar-refractivity contribution is 5.65. The number of methoxy groups -OCH3 is 1. The molecule has 35 heavy (non-hydrogen) atoms. The second-order valence-electron chi connectivity index (χ2n) is 9.85. The van der Waals surface area contributed by atoms with Crippen LogP contribution in [0.15, 0.2) is 42.5 Å². The summed E-state index contributed by atoms with van der Waals surface area (Å²) in [6, 6.07) is 15.4. The van der Waals surface area contributed by atoms with Crippen LogP contribution in [0.4, 0.5) is 0 Å². The summed E-state index contributed by atoms with van der Waals surface area (Å²) in [5.74, 6) is 1.39. The highest BCUT2D eigenvalue weighted by Crippen LogP contribution is 2.36. The first-order chi connectivity index (χ1) is 16.9. The molecular formula is C30H42O5. The van der Waals surface area contributed by atoms with Gasteiger partial charge in [-0.15, -0.1) is 0 Å². The summed E-state index contributed by atoms with van der Waals surface area (Å²) >= 11 is 0. The zero-order valence-electron chi connectivity index (χ0n) is 22.0. The predicted octanol–water partition coefficient (Wildman–Crippen LogP) is 6.59. The van der Waals surface area contributed by atoms with E-state index in [1.807, 2.05) is 0 Å². The van der Waals surface area contributed by atoms with Crippen LogP contribution >= 0.6 is 0 Å². The first-order valence-corrected chi connectivity index (χ1v) is 13.0. The van der Waals surface area contributed by atoms with E-state index in [4.69, 9.17) is 14.2 Å². The number of esters is 1. The Morgan fingerprint density at radius 3 is 2.40 bits per heavy atom. The van der Waals surface area contributed by atoms with Crippen molar-refractivity contribution < 1.29 is 23.7 Å². The average Bonchev–Trinajstić information content (AvgIpc) is 3.68. The van der Waals surface area contributed by atoms with Crippen molar-refractivity contribution in [1.82, 2.24) is 0 Å². The number of rotatable bonds is 9. The minimum Gasteiger partial charge on any atom is -0.491 e. The van der Waals surface area contributed by atoms with E-state index in [1.165, 1.54) is 55.5 Å². The summed E-state index contributed by atoms with van der Waals surface area (Å²) in [5.41, 5.74) is 5.36. The third-order valence-electron chi connectivity index (χ3n) is 6.67. The van der Waals surface area contributed by atoms with Gasteiger partial charge in [-0.3, -0.25) is 4.79 Å². The van der Waals surface area contributed by atoms with Crippen molar-refractivity contribution in [3.63, 3.8) is 0 Å². The van der Waals surface area contributed by atoms with Gasteiger partial charge in [-0.25, -0.2) is 0 Å². The molecule has 1 aliphatic heterocycles. The van der Waals surface area contributed by atoms with E-state index in [0.717, 1.165) is 30.9 Å². The number of carbonyl (C=O) groups excluding carboxylic acids is 1. The van der Waals surface area contributed by atoms with Crippen LogP contribution in [0.5, 0.6) is 5.75 Å². The van der Waals surface area contributed by atoms with Crippen LogP contribution in [0, 0.1) is 12.8 Å². The van der Waals surface area contributed by atoms with Gasteiger partial charge in [-0.2, -0.15) is 0 Å². The minimum atomic E-state index is -0.245. The van der Waals surface area contributed by atoms with Crippen LogP contribution < -0.4 is 4.74 Å². The molecule has 3 atom stereocenters. The summed E-state index contributed by atoms with van der Waals surface area (Å²) in [5, 5.41) is 0. The fourth-order valence-electron chi connectivity index (χ4n) is 4.35. The lowest BCUT2D eigenvalue weighted by molar-refractivity contribution is -0.137.